The molecular weight excluding hydrogens is 256 g/mol. The summed E-state index contributed by atoms with van der Waals surface area (Å²) in [6.45, 7) is 0. The second kappa shape index (κ2) is 4.97. The fraction of sp³-hybridized carbons (Fsp3) is 0. The molecule has 0 aliphatic carbocycles. The van der Waals surface area contributed by atoms with E-state index in [1.165, 1.54) is 6.07 Å². The molecule has 0 fully saturated rings. The van der Waals surface area contributed by atoms with Gasteiger partial charge in [-0.15, -0.1) is 0 Å². The number of pyridine rings is 1. The Labute approximate surface area is 113 Å². The maximum absolute atomic E-state index is 12.1. The molecule has 2 N–H and O–H groups in total. The van der Waals surface area contributed by atoms with Crippen LogP contribution < -0.4 is 15.9 Å². The molecule has 3 rings (SSSR count). The Hall–Kier alpha value is -2.95. The zero-order valence-corrected chi connectivity index (χ0v) is 10.4. The molecule has 3 aromatic rings. The number of fused-ring (bicyclic) bond motifs is 1. The molecule has 0 atom stereocenters. The molecule has 20 heavy (non-hydrogen) atoms. The van der Waals surface area contributed by atoms with Crippen LogP contribution in [0.15, 0.2) is 64.1 Å². The van der Waals surface area contributed by atoms with Crippen molar-refractivity contribution in [3.63, 3.8) is 0 Å². The van der Waals surface area contributed by atoms with Crippen molar-refractivity contribution in [2.75, 3.05) is 5.32 Å². The first kappa shape index (κ1) is 12.1. The SMILES string of the molecule is O=C(Nc1ccc[nH+]c1)c1cc2ccccc2oc1=O. The number of aromatic amines is 1. The van der Waals surface area contributed by atoms with Crippen LogP contribution in [0.25, 0.3) is 11.0 Å². The molecule has 98 valence electrons. The predicted octanol–water partition coefficient (Wildman–Crippen LogP) is 1.86. The van der Waals surface area contributed by atoms with Crippen molar-refractivity contribution in [1.82, 2.24) is 0 Å². The lowest BCUT2D eigenvalue weighted by Crippen LogP contribution is -2.21. The average molecular weight is 267 g/mol. The van der Waals surface area contributed by atoms with Gasteiger partial charge in [-0.2, -0.15) is 0 Å². The molecular formula is C15H11N2O3+. The predicted molar refractivity (Wildman–Crippen MR) is 73.4 cm³/mol. The number of aromatic nitrogens is 1. The number of nitrogens with one attached hydrogen (secondary N) is 2. The van der Waals surface area contributed by atoms with Gasteiger partial charge in [0.1, 0.15) is 16.8 Å². The Morgan fingerprint density at radius 2 is 2.00 bits per heavy atom. The summed E-state index contributed by atoms with van der Waals surface area (Å²) in [4.78, 5) is 26.8. The Bertz CT molecular complexity index is 825. The lowest BCUT2D eigenvalue weighted by molar-refractivity contribution is -0.377. The Morgan fingerprint density at radius 3 is 2.80 bits per heavy atom. The molecule has 0 radical (unpaired) electrons. The summed E-state index contributed by atoms with van der Waals surface area (Å²) in [6.07, 6.45) is 3.35. The summed E-state index contributed by atoms with van der Waals surface area (Å²) in [6, 6.07) is 12.1. The van der Waals surface area contributed by atoms with E-state index < -0.39 is 11.5 Å². The van der Waals surface area contributed by atoms with Gasteiger partial charge in [-0.1, -0.05) is 18.2 Å². The standard InChI is InChI=1S/C15H10N2O3/c18-14(17-11-5-3-7-16-9-11)12-8-10-4-1-2-6-13(10)20-15(12)19/h1-9H,(H,17,18)/p+1. The largest absolute Gasteiger partial charge is 0.422 e. The van der Waals surface area contributed by atoms with Crippen LogP contribution >= 0.6 is 0 Å². The van der Waals surface area contributed by atoms with Crippen LogP contribution in [0.5, 0.6) is 0 Å². The van der Waals surface area contributed by atoms with E-state index in [1.807, 2.05) is 6.07 Å². The van der Waals surface area contributed by atoms with E-state index in [0.717, 1.165) is 0 Å². The summed E-state index contributed by atoms with van der Waals surface area (Å²) < 4.78 is 5.13. The smallest absolute Gasteiger partial charge is 0.349 e. The van der Waals surface area contributed by atoms with Gasteiger partial charge in [0.25, 0.3) is 5.91 Å². The fourth-order valence-electron chi connectivity index (χ4n) is 1.89. The number of amides is 1. The highest BCUT2D eigenvalue weighted by Gasteiger charge is 2.14. The fourth-order valence-corrected chi connectivity index (χ4v) is 1.89. The summed E-state index contributed by atoms with van der Waals surface area (Å²) in [5.74, 6) is -0.496. The van der Waals surface area contributed by atoms with E-state index in [4.69, 9.17) is 4.42 Å². The van der Waals surface area contributed by atoms with E-state index in [1.54, 1.807) is 42.7 Å². The first-order valence-electron chi connectivity index (χ1n) is 6.04. The van der Waals surface area contributed by atoms with E-state index >= 15 is 0 Å². The summed E-state index contributed by atoms with van der Waals surface area (Å²) in [5, 5.41) is 3.34. The van der Waals surface area contributed by atoms with Crippen molar-refractivity contribution >= 4 is 22.6 Å². The van der Waals surface area contributed by atoms with Crippen molar-refractivity contribution in [1.29, 1.82) is 0 Å². The molecule has 5 nitrogen and oxygen atoms in total. The minimum Gasteiger partial charge on any atom is -0.422 e. The monoisotopic (exact) mass is 267 g/mol. The molecule has 2 heterocycles. The third kappa shape index (κ3) is 2.29. The molecule has 1 amide bonds. The normalized spacial score (nSPS) is 10.4. The zero-order chi connectivity index (χ0) is 13.9. The van der Waals surface area contributed by atoms with Crippen LogP contribution in [-0.2, 0) is 0 Å². The number of hydrogen-bond acceptors (Lipinski definition) is 3. The van der Waals surface area contributed by atoms with Crippen LogP contribution in [0, 0.1) is 0 Å². The quantitative estimate of drug-likeness (QED) is 0.720. The second-order valence-electron chi connectivity index (χ2n) is 4.23. The minimum absolute atomic E-state index is 0.0208. The summed E-state index contributed by atoms with van der Waals surface area (Å²) in [5.41, 5.74) is 0.362. The van der Waals surface area contributed by atoms with Crippen LogP contribution in [0.3, 0.4) is 0 Å². The van der Waals surface area contributed by atoms with E-state index in [9.17, 15) is 9.59 Å². The Morgan fingerprint density at radius 1 is 1.15 bits per heavy atom. The van der Waals surface area contributed by atoms with Gasteiger partial charge in [0, 0.05) is 11.5 Å². The Balaban J connectivity index is 1.99. The second-order valence-corrected chi connectivity index (χ2v) is 4.23. The number of rotatable bonds is 2. The molecule has 0 bridgehead atoms. The number of benzene rings is 1. The number of para-hydroxylation sites is 1. The van der Waals surface area contributed by atoms with Gasteiger partial charge in [-0.3, -0.25) is 4.79 Å². The minimum atomic E-state index is -0.652. The van der Waals surface area contributed by atoms with Gasteiger partial charge in [0.05, 0.1) is 0 Å². The van der Waals surface area contributed by atoms with Gasteiger partial charge < -0.3 is 9.73 Å². The van der Waals surface area contributed by atoms with Gasteiger partial charge in [-0.05, 0) is 18.2 Å². The van der Waals surface area contributed by atoms with Gasteiger partial charge in [0.2, 0.25) is 0 Å². The first-order chi connectivity index (χ1) is 9.74. The average Bonchev–Trinajstić information content (AvgIpc) is 2.47. The molecule has 5 heteroatoms. The summed E-state index contributed by atoms with van der Waals surface area (Å²) >= 11 is 0. The van der Waals surface area contributed by atoms with Gasteiger partial charge in [0.15, 0.2) is 12.4 Å². The molecule has 0 spiro atoms. The van der Waals surface area contributed by atoms with Crippen LogP contribution in [0.4, 0.5) is 5.69 Å². The third-order valence-electron chi connectivity index (χ3n) is 2.85. The highest BCUT2D eigenvalue weighted by Crippen LogP contribution is 2.13. The van der Waals surface area contributed by atoms with Crippen LogP contribution in [0.2, 0.25) is 0 Å². The number of anilines is 1. The van der Waals surface area contributed by atoms with Crippen molar-refractivity contribution < 1.29 is 14.2 Å². The molecule has 0 aliphatic heterocycles. The molecule has 2 aromatic heterocycles. The number of H-pyrrole nitrogens is 1. The van der Waals surface area contributed by atoms with E-state index in [0.29, 0.717) is 16.7 Å². The number of carbonyl (C=O) groups is 1. The molecule has 1 aromatic carbocycles. The highest BCUT2D eigenvalue weighted by molar-refractivity contribution is 6.05. The topological polar surface area (TPSA) is 73.5 Å². The van der Waals surface area contributed by atoms with Crippen molar-refractivity contribution in [3.05, 3.63) is 70.8 Å². The van der Waals surface area contributed by atoms with Gasteiger partial charge in [-0.25, -0.2) is 9.78 Å². The maximum atomic E-state index is 12.1. The molecule has 0 aliphatic rings. The third-order valence-corrected chi connectivity index (χ3v) is 2.85. The molecule has 0 saturated carbocycles. The first-order valence-corrected chi connectivity index (χ1v) is 6.04. The van der Waals surface area contributed by atoms with Gasteiger partial charge >= 0.3 is 5.63 Å². The van der Waals surface area contributed by atoms with Crippen molar-refractivity contribution in [2.45, 2.75) is 0 Å². The maximum Gasteiger partial charge on any atom is 0.349 e. The lowest BCUT2D eigenvalue weighted by Gasteiger charge is -2.03. The summed E-state index contributed by atoms with van der Waals surface area (Å²) in [7, 11) is 0. The molecule has 0 saturated heterocycles. The van der Waals surface area contributed by atoms with Crippen LogP contribution in [-0.4, -0.2) is 5.91 Å². The number of hydrogen-bond donors (Lipinski definition) is 1. The highest BCUT2D eigenvalue weighted by atomic mass is 16.4. The lowest BCUT2D eigenvalue weighted by atomic mass is 10.2. The van der Waals surface area contributed by atoms with Crippen molar-refractivity contribution in [3.8, 4) is 0 Å². The van der Waals surface area contributed by atoms with E-state index in [-0.39, 0.29) is 5.56 Å². The molecule has 0 unspecified atom stereocenters. The van der Waals surface area contributed by atoms with Crippen molar-refractivity contribution in [2.24, 2.45) is 0 Å². The Kier molecular flexibility index (Phi) is 3.01. The van der Waals surface area contributed by atoms with E-state index in [2.05, 4.69) is 10.3 Å². The zero-order valence-electron chi connectivity index (χ0n) is 10.4. The van der Waals surface area contributed by atoms with Crippen LogP contribution in [0.1, 0.15) is 10.4 Å². The number of carbonyl (C=O) groups excluding carboxylic acids is 1.